The summed E-state index contributed by atoms with van der Waals surface area (Å²) in [5.41, 5.74) is 0.00770. The zero-order valence-corrected chi connectivity index (χ0v) is 12.6. The van der Waals surface area contributed by atoms with Crippen LogP contribution in [0.5, 0.6) is 0 Å². The maximum Gasteiger partial charge on any atom is 0.416 e. The van der Waals surface area contributed by atoms with Crippen LogP contribution in [0.15, 0.2) is 18.2 Å². The zero-order chi connectivity index (χ0) is 15.2. The van der Waals surface area contributed by atoms with Crippen LogP contribution in [0.25, 0.3) is 10.2 Å². The number of piperazine rings is 1. The first-order valence-corrected chi connectivity index (χ1v) is 7.64. The molecule has 1 N–H and O–H groups in total. The molecule has 7 heteroatoms. The highest BCUT2D eigenvalue weighted by molar-refractivity contribution is 7.22. The molecule has 1 aliphatic rings. The average Bonchev–Trinajstić information content (AvgIpc) is 2.83. The minimum atomic E-state index is -4.31. The number of hydrogen-bond acceptors (Lipinski definition) is 4. The number of halogens is 3. The van der Waals surface area contributed by atoms with Gasteiger partial charge in [-0.1, -0.05) is 11.3 Å². The zero-order valence-electron chi connectivity index (χ0n) is 11.7. The first-order valence-electron chi connectivity index (χ1n) is 6.82. The van der Waals surface area contributed by atoms with Gasteiger partial charge >= 0.3 is 6.18 Å². The Hall–Kier alpha value is -1.34. The van der Waals surface area contributed by atoms with Crippen molar-refractivity contribution in [1.82, 2.24) is 10.3 Å². The first-order chi connectivity index (χ1) is 9.84. The van der Waals surface area contributed by atoms with Crippen molar-refractivity contribution in [2.45, 2.75) is 32.1 Å². The molecule has 1 aromatic heterocycles. The molecule has 0 bridgehead atoms. The number of benzene rings is 1. The van der Waals surface area contributed by atoms with Crippen LogP contribution in [0.3, 0.4) is 0 Å². The fourth-order valence-electron chi connectivity index (χ4n) is 2.50. The number of fused-ring (bicyclic) bond motifs is 1. The molecule has 1 aliphatic heterocycles. The van der Waals surface area contributed by atoms with Crippen molar-refractivity contribution in [2.24, 2.45) is 0 Å². The van der Waals surface area contributed by atoms with E-state index in [-0.39, 0.29) is 6.04 Å². The van der Waals surface area contributed by atoms with E-state index in [1.165, 1.54) is 23.5 Å². The molecule has 1 saturated heterocycles. The van der Waals surface area contributed by atoms with Crippen molar-refractivity contribution in [2.75, 3.05) is 18.0 Å². The normalized spacial score (nSPS) is 23.8. The van der Waals surface area contributed by atoms with Crippen molar-refractivity contribution in [3.05, 3.63) is 23.8 Å². The second-order valence-electron chi connectivity index (χ2n) is 5.49. The van der Waals surface area contributed by atoms with E-state index in [4.69, 9.17) is 0 Å². The summed E-state index contributed by atoms with van der Waals surface area (Å²) in [6.07, 6.45) is -4.31. The van der Waals surface area contributed by atoms with Crippen molar-refractivity contribution in [3.8, 4) is 0 Å². The Morgan fingerprint density at radius 3 is 2.81 bits per heavy atom. The Morgan fingerprint density at radius 2 is 2.10 bits per heavy atom. The summed E-state index contributed by atoms with van der Waals surface area (Å²) < 4.78 is 38.8. The third-order valence-electron chi connectivity index (χ3n) is 3.71. The van der Waals surface area contributed by atoms with Crippen LogP contribution < -0.4 is 10.2 Å². The van der Waals surface area contributed by atoms with Crippen molar-refractivity contribution < 1.29 is 13.2 Å². The highest BCUT2D eigenvalue weighted by atomic mass is 32.1. The van der Waals surface area contributed by atoms with Crippen molar-refractivity contribution >= 4 is 26.7 Å². The molecule has 3 nitrogen and oxygen atoms in total. The summed E-state index contributed by atoms with van der Waals surface area (Å²) in [6, 6.07) is 4.36. The van der Waals surface area contributed by atoms with Gasteiger partial charge < -0.3 is 10.2 Å². The minimum absolute atomic E-state index is 0.281. The Labute approximate surface area is 124 Å². The topological polar surface area (TPSA) is 28.2 Å². The second-order valence-corrected chi connectivity index (χ2v) is 6.50. The van der Waals surface area contributed by atoms with E-state index in [0.29, 0.717) is 16.3 Å². The maximum atomic E-state index is 12.8. The van der Waals surface area contributed by atoms with E-state index in [0.717, 1.165) is 24.3 Å². The lowest BCUT2D eigenvalue weighted by atomic mass is 10.1. The molecule has 114 valence electrons. The fraction of sp³-hybridized carbons (Fsp3) is 0.500. The Bertz CT molecular complexity index is 652. The van der Waals surface area contributed by atoms with Gasteiger partial charge in [0.2, 0.25) is 0 Å². The third kappa shape index (κ3) is 2.85. The number of nitrogens with one attached hydrogen (secondary N) is 1. The molecule has 2 heterocycles. The molecule has 0 spiro atoms. The van der Waals surface area contributed by atoms with Gasteiger partial charge in [0, 0.05) is 25.2 Å². The van der Waals surface area contributed by atoms with Crippen LogP contribution in [0.4, 0.5) is 18.3 Å². The van der Waals surface area contributed by atoms with Crippen LogP contribution in [-0.2, 0) is 6.18 Å². The molecule has 2 aromatic rings. The predicted octanol–water partition coefficient (Wildman–Crippen LogP) is 3.50. The van der Waals surface area contributed by atoms with E-state index in [9.17, 15) is 13.2 Å². The van der Waals surface area contributed by atoms with Gasteiger partial charge in [-0.25, -0.2) is 4.98 Å². The summed E-state index contributed by atoms with van der Waals surface area (Å²) in [4.78, 5) is 6.66. The van der Waals surface area contributed by atoms with Gasteiger partial charge in [-0.15, -0.1) is 0 Å². The largest absolute Gasteiger partial charge is 0.416 e. The summed E-state index contributed by atoms with van der Waals surface area (Å²) in [6.45, 7) is 5.85. The summed E-state index contributed by atoms with van der Waals surface area (Å²) in [5, 5.41) is 4.18. The number of hydrogen-bond donors (Lipinski definition) is 1. The summed E-state index contributed by atoms with van der Waals surface area (Å²) in [7, 11) is 0. The number of anilines is 1. The Morgan fingerprint density at radius 1 is 1.33 bits per heavy atom. The lowest BCUT2D eigenvalue weighted by Gasteiger charge is -2.37. The van der Waals surface area contributed by atoms with Crippen molar-refractivity contribution in [1.29, 1.82) is 0 Å². The predicted molar refractivity (Wildman–Crippen MR) is 78.9 cm³/mol. The molecule has 3 rings (SSSR count). The van der Waals surface area contributed by atoms with Gasteiger partial charge in [0.25, 0.3) is 0 Å². The van der Waals surface area contributed by atoms with Crippen LogP contribution >= 0.6 is 11.3 Å². The smallest absolute Gasteiger partial charge is 0.343 e. The molecule has 21 heavy (non-hydrogen) atoms. The standard InChI is InChI=1S/C14H16F3N3S/c1-8-7-20(9(2)6-18-8)13-19-11-4-3-10(14(15,16)17)5-12(11)21-13/h3-5,8-9,18H,6-7H2,1-2H3/t8-,9-/m0/s1. The summed E-state index contributed by atoms with van der Waals surface area (Å²) >= 11 is 1.33. The van der Waals surface area contributed by atoms with E-state index in [2.05, 4.69) is 29.0 Å². The Kier molecular flexibility index (Phi) is 3.57. The van der Waals surface area contributed by atoms with Crippen LogP contribution in [-0.4, -0.2) is 30.2 Å². The average molecular weight is 315 g/mol. The Balaban J connectivity index is 1.97. The van der Waals surface area contributed by atoms with E-state index < -0.39 is 11.7 Å². The van der Waals surface area contributed by atoms with Crippen LogP contribution in [0.1, 0.15) is 19.4 Å². The van der Waals surface area contributed by atoms with Gasteiger partial charge in [-0.2, -0.15) is 13.2 Å². The third-order valence-corrected chi connectivity index (χ3v) is 4.77. The maximum absolute atomic E-state index is 12.8. The highest BCUT2D eigenvalue weighted by Crippen LogP contribution is 2.36. The number of alkyl halides is 3. The van der Waals surface area contributed by atoms with Gasteiger partial charge in [0.1, 0.15) is 0 Å². The van der Waals surface area contributed by atoms with Crippen LogP contribution in [0.2, 0.25) is 0 Å². The molecule has 0 unspecified atom stereocenters. The number of aromatic nitrogens is 1. The van der Waals surface area contributed by atoms with Gasteiger partial charge in [0.15, 0.2) is 5.13 Å². The van der Waals surface area contributed by atoms with Gasteiger partial charge in [-0.3, -0.25) is 0 Å². The van der Waals surface area contributed by atoms with Gasteiger partial charge in [-0.05, 0) is 32.0 Å². The first kappa shape index (κ1) is 14.6. The molecule has 1 aromatic carbocycles. The summed E-state index contributed by atoms with van der Waals surface area (Å²) in [5.74, 6) is 0. The van der Waals surface area contributed by atoms with Crippen LogP contribution in [0, 0.1) is 0 Å². The molecule has 1 fully saturated rings. The monoisotopic (exact) mass is 315 g/mol. The van der Waals surface area contributed by atoms with E-state index in [1.54, 1.807) is 0 Å². The number of thiazole rings is 1. The lowest BCUT2D eigenvalue weighted by Crippen LogP contribution is -2.54. The molecular formula is C14H16F3N3S. The molecule has 0 amide bonds. The number of nitrogens with zero attached hydrogens (tertiary/aromatic N) is 2. The van der Waals surface area contributed by atoms with E-state index >= 15 is 0 Å². The molecular weight excluding hydrogens is 299 g/mol. The molecule has 2 atom stereocenters. The molecule has 0 saturated carbocycles. The van der Waals surface area contributed by atoms with Gasteiger partial charge in [0.05, 0.1) is 15.8 Å². The SMILES string of the molecule is C[C@H]1CN(c2nc3ccc(C(F)(F)F)cc3s2)[C@@H](C)CN1. The lowest BCUT2D eigenvalue weighted by molar-refractivity contribution is -0.137. The minimum Gasteiger partial charge on any atom is -0.343 e. The quantitative estimate of drug-likeness (QED) is 0.873. The second kappa shape index (κ2) is 5.14. The molecule has 0 radical (unpaired) electrons. The highest BCUT2D eigenvalue weighted by Gasteiger charge is 2.31. The number of rotatable bonds is 1. The van der Waals surface area contributed by atoms with E-state index in [1.807, 2.05) is 0 Å². The fourth-order valence-corrected chi connectivity index (χ4v) is 3.62. The molecule has 0 aliphatic carbocycles. The van der Waals surface area contributed by atoms with Crippen molar-refractivity contribution in [3.63, 3.8) is 0 Å².